The third-order valence-corrected chi connectivity index (χ3v) is 2.82. The Hall–Kier alpha value is -0.780. The fraction of sp³-hybridized carbons (Fsp3) is 0.647. The maximum absolute atomic E-state index is 3.12. The molecule has 0 heteroatoms. The number of allylic oxidation sites excluding steroid dienone is 6. The molecule has 0 aromatic heterocycles. The van der Waals surface area contributed by atoms with E-state index in [2.05, 4.69) is 19.1 Å². The molecule has 0 bridgehead atoms. The van der Waals surface area contributed by atoms with Crippen molar-refractivity contribution in [1.82, 2.24) is 0 Å². The first kappa shape index (κ1) is 16.2. The van der Waals surface area contributed by atoms with Gasteiger partial charge in [-0.25, -0.2) is 0 Å². The monoisotopic (exact) mass is 233 g/mol. The molecular formula is C17H29. The molecule has 0 aromatic carbocycles. The van der Waals surface area contributed by atoms with E-state index in [-0.39, 0.29) is 0 Å². The quantitative estimate of drug-likeness (QED) is 0.303. The van der Waals surface area contributed by atoms with Crippen LogP contribution >= 0.6 is 0 Å². The molecular weight excluding hydrogens is 204 g/mol. The summed E-state index contributed by atoms with van der Waals surface area (Å²) < 4.78 is 0. The van der Waals surface area contributed by atoms with Gasteiger partial charge in [-0.1, -0.05) is 82.2 Å². The summed E-state index contributed by atoms with van der Waals surface area (Å²) in [5.74, 6) is 0. The largest absolute Gasteiger partial charge is 0.0876 e. The number of unbranched alkanes of at least 4 members (excludes halogenated alkanes) is 8. The van der Waals surface area contributed by atoms with E-state index in [1.165, 1.54) is 57.8 Å². The van der Waals surface area contributed by atoms with Crippen LogP contribution in [0.1, 0.15) is 71.6 Å². The van der Waals surface area contributed by atoms with Crippen molar-refractivity contribution in [3.8, 4) is 0 Å². The van der Waals surface area contributed by atoms with Crippen LogP contribution in [-0.4, -0.2) is 0 Å². The Bertz CT molecular complexity index is 208. The zero-order valence-electron chi connectivity index (χ0n) is 11.8. The Morgan fingerprint density at radius 3 is 2.18 bits per heavy atom. The van der Waals surface area contributed by atoms with Gasteiger partial charge in [-0.2, -0.15) is 0 Å². The van der Waals surface area contributed by atoms with Crippen LogP contribution in [0, 0.1) is 6.08 Å². The van der Waals surface area contributed by atoms with Crippen molar-refractivity contribution in [3.05, 3.63) is 36.5 Å². The van der Waals surface area contributed by atoms with E-state index in [4.69, 9.17) is 0 Å². The van der Waals surface area contributed by atoms with Crippen molar-refractivity contribution in [2.24, 2.45) is 0 Å². The molecule has 0 aliphatic rings. The number of hydrogen-bond acceptors (Lipinski definition) is 0. The summed E-state index contributed by atoms with van der Waals surface area (Å²) in [6.07, 6.45) is 25.7. The van der Waals surface area contributed by atoms with Crippen molar-refractivity contribution < 1.29 is 0 Å². The summed E-state index contributed by atoms with van der Waals surface area (Å²) in [6.45, 7) is 4.29. The molecule has 0 heterocycles. The normalized spacial score (nSPS) is 12.4. The van der Waals surface area contributed by atoms with Crippen LogP contribution in [-0.2, 0) is 0 Å². The van der Waals surface area contributed by atoms with Gasteiger partial charge in [-0.05, 0) is 25.8 Å². The molecule has 0 N–H and O–H groups in total. The van der Waals surface area contributed by atoms with Gasteiger partial charge in [0.15, 0.2) is 0 Å². The van der Waals surface area contributed by atoms with Crippen LogP contribution in [0.3, 0.4) is 0 Å². The van der Waals surface area contributed by atoms with Crippen LogP contribution in [0.25, 0.3) is 0 Å². The molecule has 0 unspecified atom stereocenters. The Kier molecular flexibility index (Phi) is 14.5. The highest BCUT2D eigenvalue weighted by Crippen LogP contribution is 2.09. The zero-order chi connectivity index (χ0) is 12.6. The van der Waals surface area contributed by atoms with Gasteiger partial charge in [0, 0.05) is 0 Å². The predicted molar refractivity (Wildman–Crippen MR) is 79.0 cm³/mol. The topological polar surface area (TPSA) is 0 Å². The van der Waals surface area contributed by atoms with Gasteiger partial charge in [0.05, 0.1) is 0 Å². The summed E-state index contributed by atoms with van der Waals surface area (Å²) in [4.78, 5) is 0. The van der Waals surface area contributed by atoms with Gasteiger partial charge in [0.25, 0.3) is 0 Å². The minimum atomic E-state index is 1.20. The highest BCUT2D eigenvalue weighted by Gasteiger charge is 1.89. The Labute approximate surface area is 109 Å². The molecule has 0 atom stereocenters. The summed E-state index contributed by atoms with van der Waals surface area (Å²) in [7, 11) is 0. The van der Waals surface area contributed by atoms with Crippen molar-refractivity contribution in [2.45, 2.75) is 71.6 Å². The Morgan fingerprint density at radius 1 is 0.882 bits per heavy atom. The lowest BCUT2D eigenvalue weighted by Crippen LogP contribution is -1.79. The minimum Gasteiger partial charge on any atom is -0.0876 e. The van der Waals surface area contributed by atoms with Crippen molar-refractivity contribution in [3.63, 3.8) is 0 Å². The van der Waals surface area contributed by atoms with Gasteiger partial charge in [0.2, 0.25) is 0 Å². The van der Waals surface area contributed by atoms with Gasteiger partial charge in [-0.15, -0.1) is 0 Å². The van der Waals surface area contributed by atoms with Crippen LogP contribution in [0.2, 0.25) is 0 Å². The van der Waals surface area contributed by atoms with Crippen LogP contribution < -0.4 is 0 Å². The van der Waals surface area contributed by atoms with E-state index in [1.54, 1.807) is 0 Å². The van der Waals surface area contributed by atoms with E-state index in [0.717, 1.165) is 0 Å². The molecule has 0 aliphatic heterocycles. The second-order valence-corrected chi connectivity index (χ2v) is 4.53. The van der Waals surface area contributed by atoms with Crippen molar-refractivity contribution >= 4 is 0 Å². The van der Waals surface area contributed by atoms with E-state index in [0.29, 0.717) is 0 Å². The standard InChI is InChI=1S/C17H29/c1-3-5-7-9-11-13-15-17-16-14-12-10-8-6-4-2/h3,5,7,11,13H,4,6,8,10,12,14-17H2,1-2H3. The minimum absolute atomic E-state index is 1.20. The van der Waals surface area contributed by atoms with E-state index >= 15 is 0 Å². The number of rotatable bonds is 11. The first-order chi connectivity index (χ1) is 8.41. The maximum atomic E-state index is 3.12. The van der Waals surface area contributed by atoms with Crippen molar-refractivity contribution in [2.75, 3.05) is 0 Å². The molecule has 0 spiro atoms. The molecule has 0 amide bonds. The third kappa shape index (κ3) is 15.2. The zero-order valence-corrected chi connectivity index (χ0v) is 11.8. The number of hydrogen-bond donors (Lipinski definition) is 0. The van der Waals surface area contributed by atoms with Crippen molar-refractivity contribution in [1.29, 1.82) is 0 Å². The van der Waals surface area contributed by atoms with Gasteiger partial charge in [0.1, 0.15) is 0 Å². The van der Waals surface area contributed by atoms with E-state index in [9.17, 15) is 0 Å². The third-order valence-electron chi connectivity index (χ3n) is 2.82. The molecule has 0 saturated carbocycles. The van der Waals surface area contributed by atoms with Gasteiger partial charge in [-0.3, -0.25) is 0 Å². The second-order valence-electron chi connectivity index (χ2n) is 4.53. The Balaban J connectivity index is 3.12. The van der Waals surface area contributed by atoms with Crippen LogP contribution in [0.5, 0.6) is 0 Å². The molecule has 0 saturated heterocycles. The van der Waals surface area contributed by atoms with Crippen LogP contribution in [0.4, 0.5) is 0 Å². The second kappa shape index (κ2) is 15.2. The Morgan fingerprint density at radius 2 is 1.53 bits per heavy atom. The molecule has 17 heavy (non-hydrogen) atoms. The molecule has 0 aliphatic carbocycles. The molecule has 97 valence electrons. The lowest BCUT2D eigenvalue weighted by molar-refractivity contribution is 0.577. The average Bonchev–Trinajstić information content (AvgIpc) is 2.35. The fourth-order valence-corrected chi connectivity index (χ4v) is 1.75. The lowest BCUT2D eigenvalue weighted by atomic mass is 10.1. The fourth-order valence-electron chi connectivity index (χ4n) is 1.75. The molecule has 0 fully saturated rings. The SMILES string of the molecule is CC=C/C=[C]/C=CCCCCCCCCCC. The highest BCUT2D eigenvalue weighted by molar-refractivity contribution is 5.04. The first-order valence-corrected chi connectivity index (χ1v) is 7.27. The maximum Gasteiger partial charge on any atom is -0.0187 e. The lowest BCUT2D eigenvalue weighted by Gasteiger charge is -1.99. The smallest absolute Gasteiger partial charge is 0.0187 e. The average molecular weight is 233 g/mol. The van der Waals surface area contributed by atoms with E-state index in [1.807, 2.05) is 31.2 Å². The summed E-state index contributed by atoms with van der Waals surface area (Å²) in [6, 6.07) is 0. The molecule has 0 nitrogen and oxygen atoms in total. The molecule has 0 aromatic rings. The summed E-state index contributed by atoms with van der Waals surface area (Å²) in [5, 5.41) is 0. The first-order valence-electron chi connectivity index (χ1n) is 7.27. The highest BCUT2D eigenvalue weighted by atomic mass is 14.0. The summed E-state index contributed by atoms with van der Waals surface area (Å²) in [5.41, 5.74) is 0. The van der Waals surface area contributed by atoms with E-state index < -0.39 is 0 Å². The van der Waals surface area contributed by atoms with Gasteiger partial charge >= 0.3 is 0 Å². The molecule has 1 radical (unpaired) electrons. The van der Waals surface area contributed by atoms with Gasteiger partial charge < -0.3 is 0 Å². The predicted octanol–water partition coefficient (Wildman–Crippen LogP) is 6.01. The summed E-state index contributed by atoms with van der Waals surface area (Å²) >= 11 is 0. The van der Waals surface area contributed by atoms with Crippen LogP contribution in [0.15, 0.2) is 30.4 Å². The molecule has 0 rings (SSSR count).